The number of hydrogen-bond acceptors (Lipinski definition) is 3. The molecule has 0 saturated heterocycles. The van der Waals surface area contributed by atoms with E-state index in [1.165, 1.54) is 0 Å². The number of rotatable bonds is 4. The highest BCUT2D eigenvalue weighted by atomic mass is 35.5. The van der Waals surface area contributed by atoms with Gasteiger partial charge in [-0.2, -0.15) is 9.19 Å². The van der Waals surface area contributed by atoms with Crippen LogP contribution in [0.4, 0.5) is 0 Å². The van der Waals surface area contributed by atoms with Crippen LogP contribution in [0, 0.1) is 13.8 Å². The van der Waals surface area contributed by atoms with E-state index in [0.717, 1.165) is 10.5 Å². The molecule has 1 aromatic heterocycles. The largest absolute Gasteiger partial charge is 0.254 e. The second-order valence-corrected chi connectivity index (χ2v) is 5.79. The average molecular weight is 251 g/mol. The summed E-state index contributed by atoms with van der Waals surface area (Å²) in [7, 11) is -3.33. The topological polar surface area (TPSA) is 52.0 Å². The highest BCUT2D eigenvalue weighted by Crippen LogP contribution is 2.20. The van der Waals surface area contributed by atoms with Crippen molar-refractivity contribution in [3.63, 3.8) is 0 Å². The summed E-state index contributed by atoms with van der Waals surface area (Å²) in [6, 6.07) is 0. The Hall–Kier alpha value is -0.550. The Kier molecular flexibility index (Phi) is 3.78. The molecule has 0 atom stereocenters. The van der Waals surface area contributed by atoms with Gasteiger partial charge in [-0.1, -0.05) is 24.9 Å². The van der Waals surface area contributed by atoms with E-state index in [1.807, 2.05) is 6.92 Å². The maximum absolute atomic E-state index is 11.8. The lowest BCUT2D eigenvalue weighted by Crippen LogP contribution is -2.19. The molecule has 0 spiro atoms. The predicted octanol–water partition coefficient (Wildman–Crippen LogP) is 2.13. The van der Waals surface area contributed by atoms with Crippen molar-refractivity contribution >= 4 is 21.6 Å². The molecule has 0 N–H and O–H groups in total. The molecule has 1 rings (SSSR count). The van der Waals surface area contributed by atoms with Crippen LogP contribution in [0.1, 0.15) is 31.2 Å². The summed E-state index contributed by atoms with van der Waals surface area (Å²) in [5, 5.41) is 4.36. The Labute approximate surface area is 95.3 Å². The molecule has 0 aromatic carbocycles. The van der Waals surface area contributed by atoms with E-state index in [4.69, 9.17) is 11.6 Å². The number of hydrogen-bond donors (Lipinski definition) is 0. The van der Waals surface area contributed by atoms with Crippen LogP contribution in [0.25, 0.3) is 0 Å². The van der Waals surface area contributed by atoms with E-state index in [1.54, 1.807) is 13.8 Å². The number of halogens is 1. The van der Waals surface area contributed by atoms with Crippen molar-refractivity contribution in [3.8, 4) is 0 Å². The lowest BCUT2D eigenvalue weighted by molar-refractivity contribution is 0.574. The van der Waals surface area contributed by atoms with Gasteiger partial charge in [0, 0.05) is 0 Å². The Morgan fingerprint density at radius 3 is 2.40 bits per heavy atom. The van der Waals surface area contributed by atoms with Gasteiger partial charge >= 0.3 is 0 Å². The quantitative estimate of drug-likeness (QED) is 0.823. The molecule has 15 heavy (non-hydrogen) atoms. The minimum atomic E-state index is -3.33. The van der Waals surface area contributed by atoms with Crippen molar-refractivity contribution < 1.29 is 8.42 Å². The zero-order chi connectivity index (χ0) is 11.6. The molecule has 0 amide bonds. The summed E-state index contributed by atoms with van der Waals surface area (Å²) < 4.78 is 24.7. The second kappa shape index (κ2) is 4.53. The lowest BCUT2D eigenvalue weighted by atomic mass is 10.4. The van der Waals surface area contributed by atoms with E-state index >= 15 is 0 Å². The lowest BCUT2D eigenvalue weighted by Gasteiger charge is -2.04. The highest BCUT2D eigenvalue weighted by Gasteiger charge is 2.19. The molecular weight excluding hydrogens is 236 g/mol. The van der Waals surface area contributed by atoms with Crippen LogP contribution in [0.2, 0.25) is 5.02 Å². The summed E-state index contributed by atoms with van der Waals surface area (Å²) in [6.45, 7) is 5.30. The molecule has 1 heterocycles. The summed E-state index contributed by atoms with van der Waals surface area (Å²) >= 11 is 5.89. The van der Waals surface area contributed by atoms with E-state index in [2.05, 4.69) is 5.10 Å². The molecular formula is C9H15ClN2O2S. The Morgan fingerprint density at radius 1 is 1.40 bits per heavy atom. The van der Waals surface area contributed by atoms with Gasteiger partial charge in [-0.15, -0.1) is 0 Å². The number of aromatic nitrogens is 2. The van der Waals surface area contributed by atoms with Crippen LogP contribution in [0.3, 0.4) is 0 Å². The molecule has 0 bridgehead atoms. The molecule has 0 aliphatic rings. The van der Waals surface area contributed by atoms with Gasteiger partial charge in [-0.25, -0.2) is 8.42 Å². The maximum Gasteiger partial charge on any atom is 0.254 e. The van der Waals surface area contributed by atoms with E-state index < -0.39 is 10.0 Å². The molecule has 0 aliphatic heterocycles. The van der Waals surface area contributed by atoms with Crippen molar-refractivity contribution in [1.82, 2.24) is 9.19 Å². The fraction of sp³-hybridized carbons (Fsp3) is 0.667. The third kappa shape index (κ3) is 2.52. The first-order valence-corrected chi connectivity index (χ1v) is 6.84. The first-order valence-electron chi connectivity index (χ1n) is 4.85. The van der Waals surface area contributed by atoms with Crippen molar-refractivity contribution in [1.29, 1.82) is 0 Å². The van der Waals surface area contributed by atoms with Crippen LogP contribution in [-0.4, -0.2) is 23.4 Å². The third-order valence-electron chi connectivity index (χ3n) is 2.18. The van der Waals surface area contributed by atoms with Gasteiger partial charge in [0.05, 0.1) is 22.2 Å². The van der Waals surface area contributed by atoms with Crippen LogP contribution >= 0.6 is 11.6 Å². The van der Waals surface area contributed by atoms with Crippen molar-refractivity contribution in [3.05, 3.63) is 16.4 Å². The van der Waals surface area contributed by atoms with Gasteiger partial charge < -0.3 is 0 Å². The Morgan fingerprint density at radius 2 is 2.00 bits per heavy atom. The summed E-state index contributed by atoms with van der Waals surface area (Å²) in [5.74, 6) is 0.113. The molecule has 4 nitrogen and oxygen atoms in total. The summed E-state index contributed by atoms with van der Waals surface area (Å²) in [4.78, 5) is 0. The van der Waals surface area contributed by atoms with Crippen molar-refractivity contribution in [2.24, 2.45) is 0 Å². The fourth-order valence-corrected chi connectivity index (χ4v) is 3.03. The minimum absolute atomic E-state index is 0.113. The maximum atomic E-state index is 11.8. The monoisotopic (exact) mass is 250 g/mol. The Bertz CT molecular complexity index is 451. The van der Waals surface area contributed by atoms with Crippen LogP contribution in [0.5, 0.6) is 0 Å². The molecule has 0 fully saturated rings. The molecule has 86 valence electrons. The van der Waals surface area contributed by atoms with Gasteiger partial charge in [0.2, 0.25) is 0 Å². The van der Waals surface area contributed by atoms with E-state index in [0.29, 0.717) is 22.8 Å². The molecule has 1 aromatic rings. The van der Waals surface area contributed by atoms with Crippen LogP contribution in [-0.2, 0) is 10.0 Å². The molecule has 0 radical (unpaired) electrons. The van der Waals surface area contributed by atoms with Crippen LogP contribution < -0.4 is 0 Å². The SMILES string of the molecule is CCCCS(=O)(=O)n1nc(C)c(Cl)c1C. The number of unbranched alkanes of at least 4 members (excludes halogenated alkanes) is 1. The highest BCUT2D eigenvalue weighted by molar-refractivity contribution is 7.89. The van der Waals surface area contributed by atoms with E-state index in [9.17, 15) is 8.42 Å². The zero-order valence-electron chi connectivity index (χ0n) is 9.12. The first-order chi connectivity index (χ1) is 6.90. The number of aryl methyl sites for hydroxylation is 1. The van der Waals surface area contributed by atoms with Gasteiger partial charge in [0.1, 0.15) is 0 Å². The summed E-state index contributed by atoms with van der Waals surface area (Å²) in [5.41, 5.74) is 1.04. The molecule has 0 unspecified atom stereocenters. The fourth-order valence-electron chi connectivity index (χ4n) is 1.28. The Balaban J connectivity index is 3.11. The van der Waals surface area contributed by atoms with Gasteiger partial charge in [0.25, 0.3) is 10.0 Å². The minimum Gasteiger partial charge on any atom is -0.205 e. The van der Waals surface area contributed by atoms with Crippen molar-refractivity contribution in [2.45, 2.75) is 33.6 Å². The van der Waals surface area contributed by atoms with Gasteiger partial charge in [-0.05, 0) is 20.3 Å². The van der Waals surface area contributed by atoms with E-state index in [-0.39, 0.29) is 5.75 Å². The zero-order valence-corrected chi connectivity index (χ0v) is 10.7. The predicted molar refractivity (Wildman–Crippen MR) is 60.8 cm³/mol. The standard InChI is InChI=1S/C9H15ClN2O2S/c1-4-5-6-15(13,14)12-8(3)9(10)7(2)11-12/h4-6H2,1-3H3. The first kappa shape index (κ1) is 12.5. The average Bonchev–Trinajstić information content (AvgIpc) is 2.43. The number of nitrogens with zero attached hydrogens (tertiary/aromatic N) is 2. The molecule has 0 saturated carbocycles. The van der Waals surface area contributed by atoms with Gasteiger partial charge in [0.15, 0.2) is 0 Å². The third-order valence-corrected chi connectivity index (χ3v) is 4.42. The second-order valence-electron chi connectivity index (χ2n) is 3.50. The smallest absolute Gasteiger partial charge is 0.205 e. The van der Waals surface area contributed by atoms with Crippen LogP contribution in [0.15, 0.2) is 0 Å². The van der Waals surface area contributed by atoms with Crippen molar-refractivity contribution in [2.75, 3.05) is 5.75 Å². The summed E-state index contributed by atoms with van der Waals surface area (Å²) in [6.07, 6.45) is 1.48. The molecule has 6 heteroatoms. The normalized spacial score (nSPS) is 12.0. The van der Waals surface area contributed by atoms with Gasteiger partial charge in [-0.3, -0.25) is 0 Å². The molecule has 0 aliphatic carbocycles.